The topological polar surface area (TPSA) is 27.0 Å². The zero-order valence-corrected chi connectivity index (χ0v) is 10.3. The second-order valence-electron chi connectivity index (χ2n) is 5.06. The first-order valence-electron chi connectivity index (χ1n) is 6.08. The van der Waals surface area contributed by atoms with E-state index < -0.39 is 0 Å². The van der Waals surface area contributed by atoms with Crippen LogP contribution in [-0.4, -0.2) is 12.6 Å². The Kier molecular flexibility index (Phi) is 3.33. The summed E-state index contributed by atoms with van der Waals surface area (Å²) in [6, 6.07) is 7.19. The molecular weight excluding hydrogens is 215 g/mol. The van der Waals surface area contributed by atoms with Crippen molar-refractivity contribution in [2.45, 2.75) is 32.7 Å². The quantitative estimate of drug-likeness (QED) is 0.796. The Balaban J connectivity index is 2.26. The molecule has 3 heteroatoms. The van der Waals surface area contributed by atoms with Crippen molar-refractivity contribution >= 4 is 5.69 Å². The molecule has 2 nitrogen and oxygen atoms in total. The Bertz CT molecular complexity index is 444. The van der Waals surface area contributed by atoms with Crippen molar-refractivity contribution in [2.75, 3.05) is 11.4 Å². The maximum absolute atomic E-state index is 13.9. The molecule has 1 aromatic rings. The largest absolute Gasteiger partial charge is 0.366 e. The Morgan fingerprint density at radius 3 is 2.65 bits per heavy atom. The molecule has 0 aliphatic heterocycles. The highest BCUT2D eigenvalue weighted by Crippen LogP contribution is 2.33. The van der Waals surface area contributed by atoms with Crippen LogP contribution >= 0.6 is 0 Å². The van der Waals surface area contributed by atoms with Gasteiger partial charge in [-0.05, 0) is 37.0 Å². The van der Waals surface area contributed by atoms with Gasteiger partial charge < -0.3 is 4.90 Å². The molecule has 0 amide bonds. The van der Waals surface area contributed by atoms with Gasteiger partial charge in [0.1, 0.15) is 5.82 Å². The van der Waals surface area contributed by atoms with E-state index in [9.17, 15) is 4.39 Å². The zero-order chi connectivity index (χ0) is 12.4. The third-order valence-corrected chi connectivity index (χ3v) is 2.94. The van der Waals surface area contributed by atoms with Crippen LogP contribution in [0.25, 0.3) is 0 Å². The molecule has 0 atom stereocenters. The summed E-state index contributed by atoms with van der Waals surface area (Å²) in [5.41, 5.74) is 1.02. The molecule has 17 heavy (non-hydrogen) atoms. The second kappa shape index (κ2) is 4.75. The highest BCUT2D eigenvalue weighted by Gasteiger charge is 2.30. The summed E-state index contributed by atoms with van der Waals surface area (Å²) in [7, 11) is 0. The molecule has 1 aromatic carbocycles. The summed E-state index contributed by atoms with van der Waals surface area (Å²) in [5.74, 6) is 0.224. The minimum absolute atomic E-state index is 0.281. The minimum Gasteiger partial charge on any atom is -0.366 e. The van der Waals surface area contributed by atoms with Crippen molar-refractivity contribution < 1.29 is 4.39 Å². The molecule has 0 unspecified atom stereocenters. The molecule has 0 bridgehead atoms. The first-order chi connectivity index (χ1) is 8.11. The average molecular weight is 232 g/mol. The van der Waals surface area contributed by atoms with Crippen molar-refractivity contribution in [3.8, 4) is 6.07 Å². The fraction of sp³-hybridized carbons (Fsp3) is 0.500. The van der Waals surface area contributed by atoms with E-state index in [0.29, 0.717) is 23.2 Å². The first kappa shape index (κ1) is 11.9. The highest BCUT2D eigenvalue weighted by molar-refractivity contribution is 5.52. The number of benzene rings is 1. The summed E-state index contributed by atoms with van der Waals surface area (Å²) in [5, 5.41) is 8.73. The second-order valence-corrected chi connectivity index (χ2v) is 5.06. The maximum atomic E-state index is 13.9. The third kappa shape index (κ3) is 2.76. The Morgan fingerprint density at radius 1 is 1.47 bits per heavy atom. The van der Waals surface area contributed by atoms with Crippen LogP contribution in [0.4, 0.5) is 10.1 Å². The number of rotatable bonds is 4. The zero-order valence-electron chi connectivity index (χ0n) is 10.3. The van der Waals surface area contributed by atoms with Crippen LogP contribution in [0.5, 0.6) is 0 Å². The molecule has 0 heterocycles. The summed E-state index contributed by atoms with van der Waals surface area (Å²) in [6.07, 6.45) is 2.29. The highest BCUT2D eigenvalue weighted by atomic mass is 19.1. The normalized spacial score (nSPS) is 14.8. The van der Waals surface area contributed by atoms with Gasteiger partial charge in [0.05, 0.1) is 17.3 Å². The lowest BCUT2D eigenvalue weighted by Gasteiger charge is -2.27. The van der Waals surface area contributed by atoms with Crippen LogP contribution in [-0.2, 0) is 0 Å². The van der Waals surface area contributed by atoms with Crippen molar-refractivity contribution in [3.63, 3.8) is 0 Å². The fourth-order valence-electron chi connectivity index (χ4n) is 2.03. The SMILES string of the molecule is CC(C)CN(c1ccc(C#N)cc1F)C1CC1. The number of nitrogens with zero attached hydrogens (tertiary/aromatic N) is 2. The van der Waals surface area contributed by atoms with Gasteiger partial charge >= 0.3 is 0 Å². The number of hydrogen-bond donors (Lipinski definition) is 0. The number of nitriles is 1. The predicted octanol–water partition coefficient (Wildman–Crippen LogP) is 3.32. The lowest BCUT2D eigenvalue weighted by Crippen LogP contribution is -2.30. The van der Waals surface area contributed by atoms with Gasteiger partial charge in [-0.15, -0.1) is 0 Å². The molecule has 1 aliphatic carbocycles. The van der Waals surface area contributed by atoms with E-state index in [2.05, 4.69) is 18.7 Å². The van der Waals surface area contributed by atoms with E-state index in [-0.39, 0.29) is 5.82 Å². The molecule has 0 saturated heterocycles. The molecule has 0 aromatic heterocycles. The third-order valence-electron chi connectivity index (χ3n) is 2.94. The monoisotopic (exact) mass is 232 g/mol. The molecule has 0 N–H and O–H groups in total. The van der Waals surface area contributed by atoms with Crippen molar-refractivity contribution in [2.24, 2.45) is 5.92 Å². The number of anilines is 1. The van der Waals surface area contributed by atoms with Crippen LogP contribution < -0.4 is 4.90 Å². The molecule has 90 valence electrons. The van der Waals surface area contributed by atoms with Crippen LogP contribution in [0.15, 0.2) is 18.2 Å². The molecule has 2 rings (SSSR count). The Labute approximate surface area is 102 Å². The molecule has 1 aliphatic rings. The average Bonchev–Trinajstić information content (AvgIpc) is 3.09. The number of hydrogen-bond acceptors (Lipinski definition) is 2. The van der Waals surface area contributed by atoms with E-state index >= 15 is 0 Å². The fourth-order valence-corrected chi connectivity index (χ4v) is 2.03. The molecule has 0 spiro atoms. The lowest BCUT2D eigenvalue weighted by molar-refractivity contribution is 0.578. The van der Waals surface area contributed by atoms with Gasteiger partial charge in [-0.3, -0.25) is 0 Å². The Hall–Kier alpha value is -1.56. The molecular formula is C14H17FN2. The van der Waals surface area contributed by atoms with E-state index in [4.69, 9.17) is 5.26 Å². The summed E-state index contributed by atoms with van der Waals surface area (Å²) < 4.78 is 13.9. The van der Waals surface area contributed by atoms with Crippen LogP contribution in [0.1, 0.15) is 32.3 Å². The molecule has 0 radical (unpaired) electrons. The summed E-state index contributed by atoms with van der Waals surface area (Å²) in [4.78, 5) is 2.14. The summed E-state index contributed by atoms with van der Waals surface area (Å²) >= 11 is 0. The minimum atomic E-state index is -0.281. The smallest absolute Gasteiger partial charge is 0.147 e. The molecule has 1 fully saturated rings. The number of halogens is 1. The van der Waals surface area contributed by atoms with Crippen molar-refractivity contribution in [1.29, 1.82) is 5.26 Å². The van der Waals surface area contributed by atoms with Gasteiger partial charge in [0.25, 0.3) is 0 Å². The van der Waals surface area contributed by atoms with E-state index in [1.165, 1.54) is 6.07 Å². The van der Waals surface area contributed by atoms with Gasteiger partial charge in [-0.1, -0.05) is 13.8 Å². The van der Waals surface area contributed by atoms with Gasteiger partial charge in [-0.25, -0.2) is 4.39 Å². The van der Waals surface area contributed by atoms with Gasteiger partial charge in [0, 0.05) is 12.6 Å². The van der Waals surface area contributed by atoms with E-state index in [1.54, 1.807) is 12.1 Å². The Morgan fingerprint density at radius 2 is 2.18 bits per heavy atom. The van der Waals surface area contributed by atoms with Crippen LogP contribution in [0.2, 0.25) is 0 Å². The molecule has 1 saturated carbocycles. The standard InChI is InChI=1S/C14H17FN2/c1-10(2)9-17(12-4-5-12)14-6-3-11(8-16)7-13(14)15/h3,6-7,10,12H,4-5,9H2,1-2H3. The van der Waals surface area contributed by atoms with E-state index in [1.807, 2.05) is 6.07 Å². The van der Waals surface area contributed by atoms with Gasteiger partial charge in [0.15, 0.2) is 0 Å². The summed E-state index contributed by atoms with van der Waals surface area (Å²) in [6.45, 7) is 5.14. The van der Waals surface area contributed by atoms with Gasteiger partial charge in [-0.2, -0.15) is 5.26 Å². The van der Waals surface area contributed by atoms with Crippen LogP contribution in [0.3, 0.4) is 0 Å². The van der Waals surface area contributed by atoms with Crippen LogP contribution in [0, 0.1) is 23.1 Å². The lowest BCUT2D eigenvalue weighted by atomic mass is 10.1. The maximum Gasteiger partial charge on any atom is 0.147 e. The van der Waals surface area contributed by atoms with Crippen molar-refractivity contribution in [1.82, 2.24) is 0 Å². The van der Waals surface area contributed by atoms with Crippen molar-refractivity contribution in [3.05, 3.63) is 29.6 Å². The van der Waals surface area contributed by atoms with Gasteiger partial charge in [0.2, 0.25) is 0 Å². The van der Waals surface area contributed by atoms with E-state index in [0.717, 1.165) is 19.4 Å². The first-order valence-corrected chi connectivity index (χ1v) is 6.08. The predicted molar refractivity (Wildman–Crippen MR) is 66.3 cm³/mol.